The molecule has 0 saturated heterocycles. The molecule has 0 heterocycles. The zero-order chi connectivity index (χ0) is 12.3. The number of hydrogen-bond acceptors (Lipinski definition) is 1. The lowest BCUT2D eigenvalue weighted by atomic mass is 9.66. The summed E-state index contributed by atoms with van der Waals surface area (Å²) in [5.41, 5.74) is 7.23. The van der Waals surface area contributed by atoms with Crippen LogP contribution in [0.25, 0.3) is 0 Å². The summed E-state index contributed by atoms with van der Waals surface area (Å²) < 4.78 is 0. The van der Waals surface area contributed by atoms with Gasteiger partial charge < -0.3 is 5.73 Å². The molecule has 1 heteroatoms. The number of nitrogens with two attached hydrogens (primary N) is 1. The van der Waals surface area contributed by atoms with E-state index in [1.54, 1.807) is 0 Å². The van der Waals surface area contributed by atoms with E-state index in [1.807, 2.05) is 0 Å². The fourth-order valence-electron chi connectivity index (χ4n) is 4.53. The molecule has 0 radical (unpaired) electrons. The average Bonchev–Trinajstić information content (AvgIpc) is 2.88. The first-order valence-electron chi connectivity index (χ1n) is 7.97. The highest BCUT2D eigenvalue weighted by molar-refractivity contribution is 4.96. The van der Waals surface area contributed by atoms with Gasteiger partial charge in [-0.15, -0.1) is 0 Å². The maximum absolute atomic E-state index is 6.72. The van der Waals surface area contributed by atoms with E-state index in [4.69, 9.17) is 5.73 Å². The van der Waals surface area contributed by atoms with E-state index in [1.165, 1.54) is 64.2 Å². The Morgan fingerprint density at radius 1 is 1.12 bits per heavy atom. The summed E-state index contributed by atoms with van der Waals surface area (Å²) in [7, 11) is 0. The first-order chi connectivity index (χ1) is 8.22. The van der Waals surface area contributed by atoms with Crippen LogP contribution < -0.4 is 5.73 Å². The van der Waals surface area contributed by atoms with Gasteiger partial charge in [-0.05, 0) is 49.4 Å². The fourth-order valence-corrected chi connectivity index (χ4v) is 4.53. The standard InChI is InChI=1S/C16H31N/c1-3-13-8-7-9-14(12-13)15(17)16(4-2)10-5-6-11-16/h13-15H,3-12,17H2,1-2H3. The van der Waals surface area contributed by atoms with E-state index in [9.17, 15) is 0 Å². The van der Waals surface area contributed by atoms with Crippen molar-refractivity contribution in [2.45, 2.75) is 84.1 Å². The molecular formula is C16H31N. The maximum Gasteiger partial charge on any atom is 0.0124 e. The second-order valence-corrected chi connectivity index (χ2v) is 6.65. The van der Waals surface area contributed by atoms with Crippen molar-refractivity contribution < 1.29 is 0 Å². The van der Waals surface area contributed by atoms with Crippen LogP contribution in [0.2, 0.25) is 0 Å². The first kappa shape index (κ1) is 13.4. The molecule has 2 saturated carbocycles. The van der Waals surface area contributed by atoms with E-state index >= 15 is 0 Å². The van der Waals surface area contributed by atoms with Gasteiger partial charge in [-0.3, -0.25) is 0 Å². The minimum absolute atomic E-state index is 0.490. The predicted molar refractivity (Wildman–Crippen MR) is 74.9 cm³/mol. The number of rotatable bonds is 4. The highest BCUT2D eigenvalue weighted by Gasteiger charge is 2.42. The third-order valence-electron chi connectivity index (χ3n) is 5.92. The van der Waals surface area contributed by atoms with Crippen molar-refractivity contribution in [3.8, 4) is 0 Å². The van der Waals surface area contributed by atoms with E-state index in [0.717, 1.165) is 11.8 Å². The Labute approximate surface area is 108 Å². The summed E-state index contributed by atoms with van der Waals surface area (Å²) in [5, 5.41) is 0. The minimum Gasteiger partial charge on any atom is -0.327 e. The summed E-state index contributed by atoms with van der Waals surface area (Å²) in [5.74, 6) is 1.79. The van der Waals surface area contributed by atoms with Crippen LogP contribution in [0.4, 0.5) is 0 Å². The van der Waals surface area contributed by atoms with Gasteiger partial charge in [-0.25, -0.2) is 0 Å². The Balaban J connectivity index is 2.00. The summed E-state index contributed by atoms with van der Waals surface area (Å²) >= 11 is 0. The van der Waals surface area contributed by atoms with E-state index in [0.29, 0.717) is 11.5 Å². The number of hydrogen-bond donors (Lipinski definition) is 1. The van der Waals surface area contributed by atoms with Crippen LogP contribution in [0, 0.1) is 17.3 Å². The average molecular weight is 237 g/mol. The smallest absolute Gasteiger partial charge is 0.0124 e. The molecule has 2 rings (SSSR count). The fraction of sp³-hybridized carbons (Fsp3) is 1.00. The van der Waals surface area contributed by atoms with Crippen molar-refractivity contribution in [1.29, 1.82) is 0 Å². The summed E-state index contributed by atoms with van der Waals surface area (Å²) in [6, 6.07) is 0.490. The van der Waals surface area contributed by atoms with Gasteiger partial charge in [0.15, 0.2) is 0 Å². The lowest BCUT2D eigenvalue weighted by Gasteiger charge is -2.42. The van der Waals surface area contributed by atoms with Crippen LogP contribution in [0.1, 0.15) is 78.1 Å². The summed E-state index contributed by atoms with van der Waals surface area (Å²) in [4.78, 5) is 0. The molecule has 3 unspecified atom stereocenters. The van der Waals surface area contributed by atoms with Gasteiger partial charge in [0.1, 0.15) is 0 Å². The molecule has 2 fully saturated rings. The third kappa shape index (κ3) is 2.70. The van der Waals surface area contributed by atoms with Gasteiger partial charge in [0.05, 0.1) is 0 Å². The second-order valence-electron chi connectivity index (χ2n) is 6.65. The molecule has 0 amide bonds. The molecule has 2 aliphatic rings. The maximum atomic E-state index is 6.72. The molecule has 3 atom stereocenters. The van der Waals surface area contributed by atoms with Gasteiger partial charge in [0, 0.05) is 6.04 Å². The molecule has 1 nitrogen and oxygen atoms in total. The summed E-state index contributed by atoms with van der Waals surface area (Å²) in [6.07, 6.45) is 14.0. The zero-order valence-electron chi connectivity index (χ0n) is 11.9. The Hall–Kier alpha value is -0.0400. The lowest BCUT2D eigenvalue weighted by Crippen LogP contribution is -2.46. The van der Waals surface area contributed by atoms with Crippen molar-refractivity contribution in [3.05, 3.63) is 0 Å². The molecule has 100 valence electrons. The van der Waals surface area contributed by atoms with Crippen molar-refractivity contribution in [2.75, 3.05) is 0 Å². The molecule has 0 bridgehead atoms. The van der Waals surface area contributed by atoms with Crippen LogP contribution in [0.15, 0.2) is 0 Å². The predicted octanol–water partition coefficient (Wildman–Crippen LogP) is 4.50. The third-order valence-corrected chi connectivity index (χ3v) is 5.92. The van der Waals surface area contributed by atoms with Crippen molar-refractivity contribution >= 4 is 0 Å². The van der Waals surface area contributed by atoms with Gasteiger partial charge in [0.25, 0.3) is 0 Å². The molecule has 2 aliphatic carbocycles. The van der Waals surface area contributed by atoms with Crippen molar-refractivity contribution in [1.82, 2.24) is 0 Å². The molecule has 0 aliphatic heterocycles. The van der Waals surface area contributed by atoms with Crippen molar-refractivity contribution in [3.63, 3.8) is 0 Å². The molecule has 0 spiro atoms. The van der Waals surface area contributed by atoms with Crippen LogP contribution >= 0.6 is 0 Å². The zero-order valence-corrected chi connectivity index (χ0v) is 11.9. The molecule has 0 aromatic carbocycles. The quantitative estimate of drug-likeness (QED) is 0.765. The Morgan fingerprint density at radius 2 is 1.82 bits per heavy atom. The molecular weight excluding hydrogens is 206 g/mol. The Morgan fingerprint density at radius 3 is 2.41 bits per heavy atom. The minimum atomic E-state index is 0.490. The Kier molecular flexibility index (Phi) is 4.52. The largest absolute Gasteiger partial charge is 0.327 e. The second kappa shape index (κ2) is 5.73. The molecule has 17 heavy (non-hydrogen) atoms. The van der Waals surface area contributed by atoms with E-state index in [-0.39, 0.29) is 0 Å². The topological polar surface area (TPSA) is 26.0 Å². The van der Waals surface area contributed by atoms with Crippen LogP contribution in [-0.4, -0.2) is 6.04 Å². The van der Waals surface area contributed by atoms with Crippen molar-refractivity contribution in [2.24, 2.45) is 23.0 Å². The van der Waals surface area contributed by atoms with Crippen LogP contribution in [0.5, 0.6) is 0 Å². The molecule has 0 aromatic heterocycles. The molecule has 0 aromatic rings. The first-order valence-corrected chi connectivity index (χ1v) is 7.97. The van der Waals surface area contributed by atoms with Crippen LogP contribution in [-0.2, 0) is 0 Å². The summed E-state index contributed by atoms with van der Waals surface area (Å²) in [6.45, 7) is 4.72. The van der Waals surface area contributed by atoms with Gasteiger partial charge >= 0.3 is 0 Å². The highest BCUT2D eigenvalue weighted by atomic mass is 14.7. The normalized spacial score (nSPS) is 34.8. The lowest BCUT2D eigenvalue weighted by molar-refractivity contribution is 0.119. The molecule has 2 N–H and O–H groups in total. The Bertz CT molecular complexity index is 230. The van der Waals surface area contributed by atoms with Gasteiger partial charge in [-0.1, -0.05) is 46.0 Å². The highest BCUT2D eigenvalue weighted by Crippen LogP contribution is 2.48. The van der Waals surface area contributed by atoms with Gasteiger partial charge in [0.2, 0.25) is 0 Å². The monoisotopic (exact) mass is 237 g/mol. The van der Waals surface area contributed by atoms with Crippen LogP contribution in [0.3, 0.4) is 0 Å². The van der Waals surface area contributed by atoms with E-state index < -0.39 is 0 Å². The van der Waals surface area contributed by atoms with Gasteiger partial charge in [-0.2, -0.15) is 0 Å². The van der Waals surface area contributed by atoms with E-state index in [2.05, 4.69) is 13.8 Å². The SMILES string of the molecule is CCC1CCCC(C(N)C2(CC)CCCC2)C1.